The number of likely N-dealkylation sites (tertiary alicyclic amines) is 3. The molecule has 6 nitrogen and oxygen atoms in total. The van der Waals surface area contributed by atoms with E-state index in [-0.39, 0.29) is 5.91 Å². The minimum atomic E-state index is -0.463. The van der Waals surface area contributed by atoms with Crippen molar-refractivity contribution in [3.8, 4) is 0 Å². The van der Waals surface area contributed by atoms with E-state index >= 15 is 0 Å². The molecule has 3 fully saturated rings. The van der Waals surface area contributed by atoms with Gasteiger partial charge in [0.2, 0.25) is 11.8 Å². The van der Waals surface area contributed by atoms with Crippen LogP contribution in [0.25, 0.3) is 0 Å². The molecule has 0 bridgehead atoms. The summed E-state index contributed by atoms with van der Waals surface area (Å²) >= 11 is 0. The second-order valence-electron chi connectivity index (χ2n) is 7.63. The monoisotopic (exact) mass is 337 g/mol. The molecule has 1 unspecified atom stereocenters. The summed E-state index contributed by atoms with van der Waals surface area (Å²) in [6.07, 6.45) is 6.16. The van der Waals surface area contributed by atoms with E-state index in [4.69, 9.17) is 0 Å². The quantitative estimate of drug-likeness (QED) is 0.775. The number of amides is 2. The third-order valence-electron chi connectivity index (χ3n) is 5.70. The Bertz CT molecular complexity index is 443. The lowest BCUT2D eigenvalue weighted by Crippen LogP contribution is -2.44. The highest BCUT2D eigenvalue weighted by molar-refractivity contribution is 5.78. The van der Waals surface area contributed by atoms with Crippen molar-refractivity contribution < 1.29 is 14.7 Å². The smallest absolute Gasteiger partial charge is 0.222 e. The number of hydrogen-bond donors (Lipinski definition) is 1. The van der Waals surface area contributed by atoms with Gasteiger partial charge < -0.3 is 19.8 Å². The van der Waals surface area contributed by atoms with Crippen molar-refractivity contribution in [3.05, 3.63) is 0 Å². The number of carbonyl (C=O) groups excluding carboxylic acids is 2. The predicted molar refractivity (Wildman–Crippen MR) is 91.4 cm³/mol. The van der Waals surface area contributed by atoms with Crippen molar-refractivity contribution in [1.29, 1.82) is 0 Å². The molecule has 3 saturated heterocycles. The van der Waals surface area contributed by atoms with Gasteiger partial charge in [0, 0.05) is 45.6 Å². The van der Waals surface area contributed by atoms with E-state index in [9.17, 15) is 14.7 Å². The van der Waals surface area contributed by atoms with Gasteiger partial charge in [-0.1, -0.05) is 0 Å². The third-order valence-corrected chi connectivity index (χ3v) is 5.70. The van der Waals surface area contributed by atoms with Crippen LogP contribution in [0.5, 0.6) is 0 Å². The lowest BCUT2D eigenvalue weighted by atomic mass is 9.93. The molecular weight excluding hydrogens is 306 g/mol. The van der Waals surface area contributed by atoms with E-state index in [0.717, 1.165) is 64.8 Å². The minimum absolute atomic E-state index is 0.174. The molecule has 0 saturated carbocycles. The molecule has 1 atom stereocenters. The molecule has 0 aromatic rings. The molecule has 2 amide bonds. The van der Waals surface area contributed by atoms with E-state index < -0.39 is 6.10 Å². The normalized spacial score (nSPS) is 24.8. The zero-order chi connectivity index (χ0) is 16.9. The van der Waals surface area contributed by atoms with Crippen LogP contribution in [-0.2, 0) is 9.59 Å². The Morgan fingerprint density at radius 2 is 1.75 bits per heavy atom. The number of rotatable bonds is 6. The zero-order valence-corrected chi connectivity index (χ0v) is 14.7. The zero-order valence-electron chi connectivity index (χ0n) is 14.7. The van der Waals surface area contributed by atoms with Crippen molar-refractivity contribution >= 4 is 11.8 Å². The summed E-state index contributed by atoms with van der Waals surface area (Å²) in [5.41, 5.74) is 0. The van der Waals surface area contributed by atoms with Crippen molar-refractivity contribution in [2.24, 2.45) is 5.92 Å². The number of aliphatic hydroxyl groups excluding tert-OH is 1. The summed E-state index contributed by atoms with van der Waals surface area (Å²) in [6, 6.07) is 0. The number of β-amino-alcohol motifs (C(OH)–C–C–N with tert-alkyl or cyclic N) is 1. The first-order valence-electron chi connectivity index (χ1n) is 9.58. The highest BCUT2D eigenvalue weighted by Gasteiger charge is 2.27. The Kier molecular flexibility index (Phi) is 6.11. The van der Waals surface area contributed by atoms with Crippen molar-refractivity contribution in [1.82, 2.24) is 14.7 Å². The molecule has 0 spiro atoms. The Morgan fingerprint density at radius 1 is 1.04 bits per heavy atom. The van der Waals surface area contributed by atoms with Gasteiger partial charge in [-0.25, -0.2) is 0 Å². The fraction of sp³-hybridized carbons (Fsp3) is 0.889. The number of aliphatic hydroxyl groups is 1. The molecule has 24 heavy (non-hydrogen) atoms. The average Bonchev–Trinajstić information content (AvgIpc) is 3.22. The van der Waals surface area contributed by atoms with Gasteiger partial charge in [-0.2, -0.15) is 0 Å². The Balaban J connectivity index is 1.34. The SMILES string of the molecule is O=C(CC1CCN(CC(O)CN2CCCC2=O)CC1)N1CCCC1. The van der Waals surface area contributed by atoms with Crippen molar-refractivity contribution in [3.63, 3.8) is 0 Å². The van der Waals surface area contributed by atoms with Crippen molar-refractivity contribution in [2.75, 3.05) is 45.8 Å². The van der Waals surface area contributed by atoms with Gasteiger partial charge in [0.15, 0.2) is 0 Å². The Labute approximate surface area is 144 Å². The molecule has 0 aromatic heterocycles. The molecular formula is C18H31N3O3. The van der Waals surface area contributed by atoms with Crippen LogP contribution in [0.15, 0.2) is 0 Å². The summed E-state index contributed by atoms with van der Waals surface area (Å²) in [6.45, 7) is 5.67. The molecule has 136 valence electrons. The van der Waals surface area contributed by atoms with Crippen molar-refractivity contribution in [2.45, 2.75) is 51.0 Å². The fourth-order valence-corrected chi connectivity index (χ4v) is 4.22. The van der Waals surface area contributed by atoms with E-state index in [1.54, 1.807) is 4.90 Å². The number of carbonyl (C=O) groups is 2. The lowest BCUT2D eigenvalue weighted by molar-refractivity contribution is -0.131. The minimum Gasteiger partial charge on any atom is -0.390 e. The molecule has 0 aromatic carbocycles. The summed E-state index contributed by atoms with van der Waals surface area (Å²) < 4.78 is 0. The first-order chi connectivity index (χ1) is 11.6. The van der Waals surface area contributed by atoms with E-state index in [0.29, 0.717) is 37.8 Å². The van der Waals surface area contributed by atoms with Crippen LogP contribution in [0, 0.1) is 5.92 Å². The second-order valence-corrected chi connectivity index (χ2v) is 7.63. The number of nitrogens with zero attached hydrogens (tertiary/aromatic N) is 3. The summed E-state index contributed by atoms with van der Waals surface area (Å²) in [5, 5.41) is 10.2. The van der Waals surface area contributed by atoms with Crippen LogP contribution in [0.1, 0.15) is 44.9 Å². The number of hydrogen-bond acceptors (Lipinski definition) is 4. The van der Waals surface area contributed by atoms with Gasteiger partial charge in [-0.15, -0.1) is 0 Å². The van der Waals surface area contributed by atoms with Crippen LogP contribution < -0.4 is 0 Å². The summed E-state index contributed by atoms with van der Waals surface area (Å²) in [7, 11) is 0. The third kappa shape index (κ3) is 4.70. The maximum absolute atomic E-state index is 12.2. The van der Waals surface area contributed by atoms with Crippen LogP contribution in [0.2, 0.25) is 0 Å². The van der Waals surface area contributed by atoms with E-state index in [1.165, 1.54) is 0 Å². The standard InChI is InChI=1S/C18H31N3O3/c22-16(14-21-9-3-4-17(21)23)13-19-10-5-15(6-11-19)12-18(24)20-7-1-2-8-20/h15-16,22H,1-14H2. The van der Waals surface area contributed by atoms with Gasteiger partial charge in [0.1, 0.15) is 0 Å². The van der Waals surface area contributed by atoms with Crippen LogP contribution in [-0.4, -0.2) is 83.5 Å². The van der Waals surface area contributed by atoms with Gasteiger partial charge in [0.05, 0.1) is 6.10 Å². The maximum atomic E-state index is 12.2. The Hall–Kier alpha value is -1.14. The molecule has 3 rings (SSSR count). The van der Waals surface area contributed by atoms with Crippen LogP contribution in [0.3, 0.4) is 0 Å². The first kappa shape index (κ1) is 17.7. The second kappa shape index (κ2) is 8.30. The molecule has 3 heterocycles. The highest BCUT2D eigenvalue weighted by Crippen LogP contribution is 2.23. The number of piperidine rings is 1. The van der Waals surface area contributed by atoms with E-state index in [2.05, 4.69) is 4.90 Å². The van der Waals surface area contributed by atoms with Gasteiger partial charge in [-0.3, -0.25) is 9.59 Å². The topological polar surface area (TPSA) is 64.1 Å². The maximum Gasteiger partial charge on any atom is 0.222 e. The lowest BCUT2D eigenvalue weighted by Gasteiger charge is -2.34. The molecule has 0 aliphatic carbocycles. The first-order valence-corrected chi connectivity index (χ1v) is 9.58. The molecule has 0 radical (unpaired) electrons. The molecule has 3 aliphatic rings. The molecule has 3 aliphatic heterocycles. The highest BCUT2D eigenvalue weighted by atomic mass is 16.3. The average molecular weight is 337 g/mol. The Morgan fingerprint density at radius 3 is 2.38 bits per heavy atom. The van der Waals surface area contributed by atoms with Gasteiger partial charge in [0.25, 0.3) is 0 Å². The summed E-state index contributed by atoms with van der Waals surface area (Å²) in [5.74, 6) is 0.998. The predicted octanol–water partition coefficient (Wildman–Crippen LogP) is 0.694. The fourth-order valence-electron chi connectivity index (χ4n) is 4.22. The molecule has 6 heteroatoms. The van der Waals surface area contributed by atoms with Crippen LogP contribution >= 0.6 is 0 Å². The molecule has 1 N–H and O–H groups in total. The van der Waals surface area contributed by atoms with Gasteiger partial charge >= 0.3 is 0 Å². The largest absolute Gasteiger partial charge is 0.390 e. The van der Waals surface area contributed by atoms with Gasteiger partial charge in [-0.05, 0) is 51.1 Å². The van der Waals surface area contributed by atoms with Crippen LogP contribution in [0.4, 0.5) is 0 Å². The van der Waals surface area contributed by atoms with E-state index in [1.807, 2.05) is 4.90 Å². The summed E-state index contributed by atoms with van der Waals surface area (Å²) in [4.78, 5) is 29.9.